The average molecular weight is 200 g/mol. The van der Waals surface area contributed by atoms with E-state index in [1.165, 1.54) is 0 Å². The summed E-state index contributed by atoms with van der Waals surface area (Å²) in [6.07, 6.45) is -0.301. The second-order valence-electron chi connectivity index (χ2n) is 3.74. The summed E-state index contributed by atoms with van der Waals surface area (Å²) in [6.45, 7) is 8.87. The number of amides is 1. The van der Waals surface area contributed by atoms with Crippen molar-refractivity contribution in [2.45, 2.75) is 32.9 Å². The van der Waals surface area contributed by atoms with E-state index in [9.17, 15) is 4.79 Å². The van der Waals surface area contributed by atoms with Crippen molar-refractivity contribution in [3.8, 4) is 0 Å². The van der Waals surface area contributed by atoms with Gasteiger partial charge < -0.3 is 15.0 Å². The van der Waals surface area contributed by atoms with Crippen molar-refractivity contribution in [1.82, 2.24) is 10.2 Å². The Morgan fingerprint density at radius 3 is 3.00 bits per heavy atom. The lowest BCUT2D eigenvalue weighted by Gasteiger charge is -2.33. The van der Waals surface area contributed by atoms with Gasteiger partial charge in [-0.3, -0.25) is 4.79 Å². The van der Waals surface area contributed by atoms with Gasteiger partial charge in [0, 0.05) is 32.3 Å². The average Bonchev–Trinajstić information content (AvgIpc) is 2.17. The maximum atomic E-state index is 11.8. The topological polar surface area (TPSA) is 41.6 Å². The van der Waals surface area contributed by atoms with Crippen molar-refractivity contribution in [1.29, 1.82) is 0 Å². The molecule has 1 aliphatic rings. The predicted octanol–water partition coefficient (Wildman–Crippen LogP) is 0.232. The largest absolute Gasteiger partial charge is 0.369 e. The third kappa shape index (κ3) is 2.96. The third-order valence-electron chi connectivity index (χ3n) is 2.44. The number of carbonyl (C=O) groups excluding carboxylic acids is 1. The van der Waals surface area contributed by atoms with Gasteiger partial charge in [0.25, 0.3) is 5.91 Å². The van der Waals surface area contributed by atoms with Crippen molar-refractivity contribution in [2.75, 3.05) is 26.2 Å². The summed E-state index contributed by atoms with van der Waals surface area (Å²) in [5, 5.41) is 3.30. The number of carbonyl (C=O) groups is 1. The van der Waals surface area contributed by atoms with Gasteiger partial charge in [-0.1, -0.05) is 0 Å². The van der Waals surface area contributed by atoms with Crippen molar-refractivity contribution in [3.63, 3.8) is 0 Å². The molecule has 0 radical (unpaired) electrons. The third-order valence-corrected chi connectivity index (χ3v) is 2.44. The number of piperazine rings is 1. The number of nitrogens with one attached hydrogen (secondary N) is 1. The first-order valence-corrected chi connectivity index (χ1v) is 5.29. The molecule has 1 rings (SSSR count). The van der Waals surface area contributed by atoms with E-state index in [1.54, 1.807) is 0 Å². The monoisotopic (exact) mass is 200 g/mol. The van der Waals surface area contributed by atoms with Crippen molar-refractivity contribution >= 4 is 5.91 Å². The molecule has 0 aromatic rings. The van der Waals surface area contributed by atoms with Gasteiger partial charge in [-0.05, 0) is 20.8 Å². The molecule has 0 bridgehead atoms. The first-order valence-electron chi connectivity index (χ1n) is 5.29. The molecule has 1 unspecified atom stereocenters. The van der Waals surface area contributed by atoms with E-state index in [0.29, 0.717) is 12.6 Å². The number of nitrogens with zero attached hydrogens (tertiary/aromatic N) is 1. The molecule has 4 heteroatoms. The van der Waals surface area contributed by atoms with Crippen molar-refractivity contribution in [3.05, 3.63) is 0 Å². The fraction of sp³-hybridized carbons (Fsp3) is 0.900. The van der Waals surface area contributed by atoms with Gasteiger partial charge in [-0.25, -0.2) is 0 Å². The highest BCUT2D eigenvalue weighted by atomic mass is 16.5. The standard InChI is InChI=1S/C10H20N2O2/c1-4-14-9(3)10(13)12-6-5-11-8(2)7-12/h8-9,11H,4-7H2,1-3H3/t8-,9?/m1/s1. The predicted molar refractivity (Wildman–Crippen MR) is 55.1 cm³/mol. The molecule has 4 nitrogen and oxygen atoms in total. The Hall–Kier alpha value is -0.610. The Kier molecular flexibility index (Phi) is 4.35. The Balaban J connectivity index is 2.42. The van der Waals surface area contributed by atoms with Crippen molar-refractivity contribution in [2.24, 2.45) is 0 Å². The molecule has 1 amide bonds. The van der Waals surface area contributed by atoms with E-state index in [2.05, 4.69) is 12.2 Å². The van der Waals surface area contributed by atoms with E-state index in [4.69, 9.17) is 4.74 Å². The van der Waals surface area contributed by atoms with Crippen LogP contribution >= 0.6 is 0 Å². The number of hydrogen-bond donors (Lipinski definition) is 1. The van der Waals surface area contributed by atoms with E-state index in [-0.39, 0.29) is 12.0 Å². The van der Waals surface area contributed by atoms with Crippen LogP contribution in [0.3, 0.4) is 0 Å². The molecule has 0 aliphatic carbocycles. The van der Waals surface area contributed by atoms with Crippen LogP contribution in [0.25, 0.3) is 0 Å². The molecule has 1 aliphatic heterocycles. The summed E-state index contributed by atoms with van der Waals surface area (Å²) in [6, 6.07) is 0.390. The van der Waals surface area contributed by atoms with Crippen LogP contribution in [-0.4, -0.2) is 49.2 Å². The van der Waals surface area contributed by atoms with Crippen molar-refractivity contribution < 1.29 is 9.53 Å². The zero-order valence-corrected chi connectivity index (χ0v) is 9.25. The summed E-state index contributed by atoms with van der Waals surface area (Å²) in [5.74, 6) is 0.111. The van der Waals surface area contributed by atoms with Gasteiger partial charge in [0.1, 0.15) is 6.10 Å². The van der Waals surface area contributed by atoms with Crippen LogP contribution in [-0.2, 0) is 9.53 Å². The lowest BCUT2D eigenvalue weighted by molar-refractivity contribution is -0.143. The molecule has 0 saturated carbocycles. The summed E-state index contributed by atoms with van der Waals surface area (Å²) in [4.78, 5) is 13.7. The fourth-order valence-corrected chi connectivity index (χ4v) is 1.71. The lowest BCUT2D eigenvalue weighted by Crippen LogP contribution is -2.53. The van der Waals surface area contributed by atoms with Crippen LogP contribution < -0.4 is 5.32 Å². The van der Waals surface area contributed by atoms with Crippen LogP contribution in [0.15, 0.2) is 0 Å². The Morgan fingerprint density at radius 2 is 2.43 bits per heavy atom. The first kappa shape index (κ1) is 11.5. The van der Waals surface area contributed by atoms with Crippen LogP contribution in [0.2, 0.25) is 0 Å². The Bertz CT molecular complexity index is 197. The van der Waals surface area contributed by atoms with E-state index < -0.39 is 0 Å². The minimum Gasteiger partial charge on any atom is -0.369 e. The zero-order chi connectivity index (χ0) is 10.6. The molecule has 1 heterocycles. The minimum absolute atomic E-state index is 0.111. The molecule has 82 valence electrons. The van der Waals surface area contributed by atoms with Gasteiger partial charge in [0.2, 0.25) is 0 Å². The molecular weight excluding hydrogens is 180 g/mol. The number of hydrogen-bond acceptors (Lipinski definition) is 3. The minimum atomic E-state index is -0.301. The number of ether oxygens (including phenoxy) is 1. The highest BCUT2D eigenvalue weighted by Gasteiger charge is 2.24. The first-order chi connectivity index (χ1) is 6.65. The van der Waals surface area contributed by atoms with Gasteiger partial charge in [-0.15, -0.1) is 0 Å². The smallest absolute Gasteiger partial charge is 0.251 e. The summed E-state index contributed by atoms with van der Waals surface area (Å²) >= 11 is 0. The molecule has 1 N–H and O–H groups in total. The fourth-order valence-electron chi connectivity index (χ4n) is 1.71. The van der Waals surface area contributed by atoms with Crippen LogP contribution in [0, 0.1) is 0 Å². The van der Waals surface area contributed by atoms with Gasteiger partial charge in [-0.2, -0.15) is 0 Å². The highest BCUT2D eigenvalue weighted by molar-refractivity contribution is 5.80. The molecule has 1 fully saturated rings. The Morgan fingerprint density at radius 1 is 1.71 bits per heavy atom. The molecule has 0 spiro atoms. The Labute approximate surface area is 85.6 Å². The zero-order valence-electron chi connectivity index (χ0n) is 9.25. The quantitative estimate of drug-likeness (QED) is 0.709. The molecule has 2 atom stereocenters. The lowest BCUT2D eigenvalue weighted by atomic mass is 10.2. The SMILES string of the molecule is CCOC(C)C(=O)N1CCN[C@H](C)C1. The summed E-state index contributed by atoms with van der Waals surface area (Å²) in [7, 11) is 0. The molecule has 0 aromatic heterocycles. The normalized spacial score (nSPS) is 24.8. The highest BCUT2D eigenvalue weighted by Crippen LogP contribution is 2.03. The maximum Gasteiger partial charge on any atom is 0.251 e. The van der Waals surface area contributed by atoms with Gasteiger partial charge in [0.05, 0.1) is 0 Å². The van der Waals surface area contributed by atoms with E-state index in [0.717, 1.165) is 19.6 Å². The molecule has 14 heavy (non-hydrogen) atoms. The van der Waals surface area contributed by atoms with E-state index >= 15 is 0 Å². The maximum absolute atomic E-state index is 11.8. The summed E-state index contributed by atoms with van der Waals surface area (Å²) < 4.78 is 5.28. The van der Waals surface area contributed by atoms with Crippen LogP contribution in [0.5, 0.6) is 0 Å². The van der Waals surface area contributed by atoms with E-state index in [1.807, 2.05) is 18.7 Å². The number of rotatable bonds is 3. The second kappa shape index (κ2) is 5.32. The molecule has 1 saturated heterocycles. The van der Waals surface area contributed by atoms with Crippen LogP contribution in [0.4, 0.5) is 0 Å². The molecule has 0 aromatic carbocycles. The molecular formula is C10H20N2O2. The van der Waals surface area contributed by atoms with Crippen LogP contribution in [0.1, 0.15) is 20.8 Å². The van der Waals surface area contributed by atoms with Gasteiger partial charge >= 0.3 is 0 Å². The summed E-state index contributed by atoms with van der Waals surface area (Å²) in [5.41, 5.74) is 0. The van der Waals surface area contributed by atoms with Gasteiger partial charge in [0.15, 0.2) is 0 Å². The second-order valence-corrected chi connectivity index (χ2v) is 3.74.